The summed E-state index contributed by atoms with van der Waals surface area (Å²) in [5.74, 6) is -0.0627. The fourth-order valence-corrected chi connectivity index (χ4v) is 4.97. The molecule has 0 aliphatic heterocycles. The third kappa shape index (κ3) is 9.84. The van der Waals surface area contributed by atoms with Gasteiger partial charge in [0, 0.05) is 12.5 Å². The molecule has 0 spiro atoms. The molecule has 5 nitrogen and oxygen atoms in total. The van der Waals surface area contributed by atoms with E-state index in [1.165, 1.54) is 45.4 Å². The summed E-state index contributed by atoms with van der Waals surface area (Å²) in [5, 5.41) is 9.66. The number of ether oxygens (including phenoxy) is 1. The van der Waals surface area contributed by atoms with Crippen molar-refractivity contribution in [2.24, 2.45) is 35.0 Å². The first-order valence-corrected chi connectivity index (χ1v) is 12.4. The standard InChI is InChI=1S/C26H46O5/c1-18(2)10-7-11-19(3)12-8-13-20(4)14-9-15-26(6)22(17-27)24(26)25(30)31-23(29)16-21(5)28/h18-20,22,24,27H,7-17H2,1-6H3. The first kappa shape index (κ1) is 27.8. The van der Waals surface area contributed by atoms with Crippen molar-refractivity contribution in [3.8, 4) is 0 Å². The van der Waals surface area contributed by atoms with Gasteiger partial charge in [-0.2, -0.15) is 0 Å². The summed E-state index contributed by atoms with van der Waals surface area (Å²) in [7, 11) is 0. The Hall–Kier alpha value is -1.23. The van der Waals surface area contributed by atoms with Gasteiger partial charge >= 0.3 is 11.9 Å². The Morgan fingerprint density at radius 2 is 1.42 bits per heavy atom. The predicted molar refractivity (Wildman–Crippen MR) is 123 cm³/mol. The zero-order valence-electron chi connectivity index (χ0n) is 20.7. The van der Waals surface area contributed by atoms with E-state index in [0.29, 0.717) is 5.92 Å². The molecule has 5 atom stereocenters. The van der Waals surface area contributed by atoms with Crippen LogP contribution in [0.1, 0.15) is 106 Å². The Bertz CT molecular complexity index is 584. The minimum atomic E-state index is -0.796. The maximum Gasteiger partial charge on any atom is 0.320 e. The van der Waals surface area contributed by atoms with E-state index >= 15 is 0 Å². The molecule has 0 heterocycles. The van der Waals surface area contributed by atoms with Crippen LogP contribution in [0.2, 0.25) is 0 Å². The molecule has 0 saturated heterocycles. The van der Waals surface area contributed by atoms with Gasteiger partial charge in [0.2, 0.25) is 0 Å². The van der Waals surface area contributed by atoms with E-state index in [0.717, 1.165) is 31.1 Å². The van der Waals surface area contributed by atoms with Crippen LogP contribution in [-0.2, 0) is 19.1 Å². The summed E-state index contributed by atoms with van der Waals surface area (Å²) >= 11 is 0. The average Bonchev–Trinajstić information content (AvgIpc) is 3.24. The SMILES string of the molecule is CC(=O)CC(=O)OC(=O)C1C(CO)C1(C)CCCC(C)CCCC(C)CCCC(C)C. The number of carbonyl (C=O) groups excluding carboxylic acids is 3. The van der Waals surface area contributed by atoms with Crippen LogP contribution in [0.3, 0.4) is 0 Å². The van der Waals surface area contributed by atoms with Gasteiger partial charge in [-0.15, -0.1) is 0 Å². The monoisotopic (exact) mass is 438 g/mol. The summed E-state index contributed by atoms with van der Waals surface area (Å²) in [6.45, 7) is 12.5. The highest BCUT2D eigenvalue weighted by Gasteiger charge is 2.64. The van der Waals surface area contributed by atoms with E-state index in [1.807, 2.05) is 6.92 Å². The maximum atomic E-state index is 12.3. The Labute approximate surface area is 189 Å². The summed E-state index contributed by atoms with van der Waals surface area (Å²) in [5.41, 5.74) is -0.313. The molecule has 1 saturated carbocycles. The zero-order chi connectivity index (χ0) is 23.6. The number of ketones is 1. The number of hydrogen-bond acceptors (Lipinski definition) is 5. The van der Waals surface area contributed by atoms with Crippen LogP contribution in [0, 0.1) is 35.0 Å². The van der Waals surface area contributed by atoms with Crippen molar-refractivity contribution < 1.29 is 24.2 Å². The molecule has 1 fully saturated rings. The third-order valence-corrected chi connectivity index (χ3v) is 7.19. The lowest BCUT2D eigenvalue weighted by molar-refractivity contribution is -0.161. The van der Waals surface area contributed by atoms with Gasteiger partial charge < -0.3 is 9.84 Å². The van der Waals surface area contributed by atoms with Crippen molar-refractivity contribution in [2.75, 3.05) is 6.61 Å². The lowest BCUT2D eigenvalue weighted by Gasteiger charge is -2.16. The van der Waals surface area contributed by atoms with Crippen LogP contribution in [0.15, 0.2) is 0 Å². The van der Waals surface area contributed by atoms with Gasteiger partial charge in [-0.3, -0.25) is 14.4 Å². The van der Waals surface area contributed by atoms with Crippen LogP contribution in [-0.4, -0.2) is 29.4 Å². The highest BCUT2D eigenvalue weighted by Crippen LogP contribution is 2.61. The highest BCUT2D eigenvalue weighted by molar-refractivity contribution is 5.99. The fourth-order valence-electron chi connectivity index (χ4n) is 4.97. The summed E-state index contributed by atoms with van der Waals surface area (Å²) in [4.78, 5) is 35.0. The van der Waals surface area contributed by atoms with E-state index in [2.05, 4.69) is 27.7 Å². The molecule has 0 amide bonds. The molecular weight excluding hydrogens is 392 g/mol. The summed E-state index contributed by atoms with van der Waals surface area (Å²) in [6.07, 6.45) is 10.4. The largest absolute Gasteiger partial charge is 0.396 e. The lowest BCUT2D eigenvalue weighted by atomic mass is 9.90. The number of aliphatic hydroxyl groups is 1. The molecule has 31 heavy (non-hydrogen) atoms. The molecule has 1 N–H and O–H groups in total. The number of esters is 2. The number of aliphatic hydroxyl groups excluding tert-OH is 1. The second kappa shape index (κ2) is 13.3. The number of carbonyl (C=O) groups is 3. The maximum absolute atomic E-state index is 12.3. The zero-order valence-corrected chi connectivity index (χ0v) is 20.7. The van der Waals surface area contributed by atoms with Gasteiger partial charge in [-0.1, -0.05) is 86.0 Å². The Kier molecular flexibility index (Phi) is 12.0. The minimum absolute atomic E-state index is 0.0819. The summed E-state index contributed by atoms with van der Waals surface area (Å²) < 4.78 is 4.85. The van der Waals surface area contributed by atoms with Crippen molar-refractivity contribution in [2.45, 2.75) is 106 Å². The van der Waals surface area contributed by atoms with Gasteiger partial charge in [-0.25, -0.2) is 0 Å². The van der Waals surface area contributed by atoms with E-state index < -0.39 is 17.9 Å². The molecule has 0 aromatic carbocycles. The van der Waals surface area contributed by atoms with Gasteiger partial charge in [0.15, 0.2) is 0 Å². The molecule has 0 bridgehead atoms. The molecule has 0 aromatic heterocycles. The summed E-state index contributed by atoms with van der Waals surface area (Å²) in [6, 6.07) is 0. The minimum Gasteiger partial charge on any atom is -0.396 e. The molecule has 0 radical (unpaired) electrons. The third-order valence-electron chi connectivity index (χ3n) is 7.19. The first-order chi connectivity index (χ1) is 14.5. The Morgan fingerprint density at radius 3 is 1.90 bits per heavy atom. The second-order valence-electron chi connectivity index (χ2n) is 10.8. The second-order valence-corrected chi connectivity index (χ2v) is 10.8. The van der Waals surface area contributed by atoms with Crippen molar-refractivity contribution in [1.82, 2.24) is 0 Å². The van der Waals surface area contributed by atoms with Gasteiger partial charge in [0.25, 0.3) is 0 Å². The topological polar surface area (TPSA) is 80.7 Å². The Morgan fingerprint density at radius 1 is 0.903 bits per heavy atom. The van der Waals surface area contributed by atoms with Crippen molar-refractivity contribution >= 4 is 17.7 Å². The number of rotatable bonds is 16. The average molecular weight is 439 g/mol. The van der Waals surface area contributed by atoms with E-state index in [-0.39, 0.29) is 30.1 Å². The molecule has 180 valence electrons. The smallest absolute Gasteiger partial charge is 0.320 e. The first-order valence-electron chi connectivity index (χ1n) is 12.4. The van der Waals surface area contributed by atoms with E-state index in [9.17, 15) is 19.5 Å². The van der Waals surface area contributed by atoms with Crippen LogP contribution in [0.5, 0.6) is 0 Å². The van der Waals surface area contributed by atoms with E-state index in [4.69, 9.17) is 4.74 Å². The van der Waals surface area contributed by atoms with Crippen molar-refractivity contribution in [1.29, 1.82) is 0 Å². The molecule has 1 aliphatic rings. The van der Waals surface area contributed by atoms with Crippen LogP contribution >= 0.6 is 0 Å². The quantitative estimate of drug-likeness (QED) is 0.246. The molecule has 5 unspecified atom stereocenters. The molecule has 0 aromatic rings. The van der Waals surface area contributed by atoms with Crippen molar-refractivity contribution in [3.05, 3.63) is 0 Å². The number of hydrogen-bond donors (Lipinski definition) is 1. The van der Waals surface area contributed by atoms with E-state index in [1.54, 1.807) is 0 Å². The Balaban J connectivity index is 2.29. The molecule has 5 heteroatoms. The van der Waals surface area contributed by atoms with Gasteiger partial charge in [0.05, 0.1) is 5.92 Å². The van der Waals surface area contributed by atoms with Gasteiger partial charge in [-0.05, 0) is 36.5 Å². The fraction of sp³-hybridized carbons (Fsp3) is 0.885. The van der Waals surface area contributed by atoms with Crippen molar-refractivity contribution in [3.63, 3.8) is 0 Å². The molecular formula is C26H46O5. The van der Waals surface area contributed by atoms with Crippen LogP contribution in [0.25, 0.3) is 0 Å². The molecule has 1 rings (SSSR count). The predicted octanol–water partition coefficient (Wildman–Crippen LogP) is 5.72. The molecule has 1 aliphatic carbocycles. The number of Topliss-reactive ketones (excluding diaryl/α,β-unsaturated/α-hetero) is 1. The highest BCUT2D eigenvalue weighted by atomic mass is 16.6. The lowest BCUT2D eigenvalue weighted by Crippen LogP contribution is -2.18. The van der Waals surface area contributed by atoms with Crippen LogP contribution < -0.4 is 0 Å². The van der Waals surface area contributed by atoms with Gasteiger partial charge in [0.1, 0.15) is 12.2 Å². The van der Waals surface area contributed by atoms with Crippen LogP contribution in [0.4, 0.5) is 0 Å². The normalized spacial score (nSPS) is 24.6.